The van der Waals surface area contributed by atoms with E-state index in [2.05, 4.69) is 4.98 Å². The second kappa shape index (κ2) is 4.60. The smallest absolute Gasteiger partial charge is 0.0896 e. The third kappa shape index (κ3) is 2.56. The van der Waals surface area contributed by atoms with Gasteiger partial charge in [0.1, 0.15) is 0 Å². The van der Waals surface area contributed by atoms with E-state index in [4.69, 9.17) is 4.74 Å². The van der Waals surface area contributed by atoms with Crippen molar-refractivity contribution in [2.75, 3.05) is 19.8 Å². The standard InChI is InChI=1S/C11H17NO2S/c1-9-12-7-10(15-9)6-11(8-13)2-4-14-5-3-11/h7,13H,2-6,8H2,1H3. The minimum atomic E-state index is 0.0389. The number of ether oxygens (including phenoxy) is 1. The highest BCUT2D eigenvalue weighted by molar-refractivity contribution is 7.11. The van der Waals surface area contributed by atoms with Crippen LogP contribution >= 0.6 is 11.3 Å². The van der Waals surface area contributed by atoms with Crippen molar-refractivity contribution in [3.63, 3.8) is 0 Å². The molecule has 0 aromatic carbocycles. The Hall–Kier alpha value is -0.450. The normalized spacial score (nSPS) is 20.4. The van der Waals surface area contributed by atoms with E-state index in [0.29, 0.717) is 0 Å². The van der Waals surface area contributed by atoms with Crippen LogP contribution in [0.5, 0.6) is 0 Å². The van der Waals surface area contributed by atoms with Crippen molar-refractivity contribution in [1.29, 1.82) is 0 Å². The molecule has 4 heteroatoms. The quantitative estimate of drug-likeness (QED) is 0.856. The van der Waals surface area contributed by atoms with Crippen LogP contribution in [0.4, 0.5) is 0 Å². The molecule has 1 aromatic rings. The summed E-state index contributed by atoms with van der Waals surface area (Å²) in [7, 11) is 0. The van der Waals surface area contributed by atoms with Gasteiger partial charge in [0.15, 0.2) is 0 Å². The number of aliphatic hydroxyl groups excluding tert-OH is 1. The van der Waals surface area contributed by atoms with E-state index < -0.39 is 0 Å². The first-order chi connectivity index (χ1) is 7.24. The fraction of sp³-hybridized carbons (Fsp3) is 0.727. The second-order valence-electron chi connectivity index (χ2n) is 4.29. The SMILES string of the molecule is Cc1ncc(CC2(CO)CCOCC2)s1. The molecule has 2 heterocycles. The summed E-state index contributed by atoms with van der Waals surface area (Å²) in [6.07, 6.45) is 4.80. The van der Waals surface area contributed by atoms with E-state index in [1.807, 2.05) is 13.1 Å². The molecule has 3 nitrogen and oxygen atoms in total. The fourth-order valence-corrected chi connectivity index (χ4v) is 3.02. The molecule has 15 heavy (non-hydrogen) atoms. The first kappa shape index (κ1) is 11.0. The van der Waals surface area contributed by atoms with Crippen molar-refractivity contribution in [2.45, 2.75) is 26.2 Å². The van der Waals surface area contributed by atoms with E-state index in [1.54, 1.807) is 11.3 Å². The van der Waals surface area contributed by atoms with Crippen LogP contribution in [-0.2, 0) is 11.2 Å². The molecule has 1 aromatic heterocycles. The van der Waals surface area contributed by atoms with Gasteiger partial charge >= 0.3 is 0 Å². The molecule has 1 N–H and O–H groups in total. The first-order valence-electron chi connectivity index (χ1n) is 5.34. The molecular formula is C11H17NO2S. The molecule has 84 valence electrons. The molecule has 0 saturated carbocycles. The summed E-state index contributed by atoms with van der Waals surface area (Å²) in [5.41, 5.74) is 0.0389. The fourth-order valence-electron chi connectivity index (χ4n) is 2.05. The van der Waals surface area contributed by atoms with Crippen LogP contribution in [0.3, 0.4) is 0 Å². The van der Waals surface area contributed by atoms with Crippen LogP contribution < -0.4 is 0 Å². The summed E-state index contributed by atoms with van der Waals surface area (Å²) in [5, 5.41) is 10.6. The van der Waals surface area contributed by atoms with E-state index in [1.165, 1.54) is 4.88 Å². The van der Waals surface area contributed by atoms with Crippen LogP contribution in [0.1, 0.15) is 22.7 Å². The minimum absolute atomic E-state index is 0.0389. The molecule has 0 unspecified atom stereocenters. The molecule has 0 radical (unpaired) electrons. The van der Waals surface area contributed by atoms with Gasteiger partial charge < -0.3 is 9.84 Å². The third-order valence-corrected chi connectivity index (χ3v) is 4.02. The number of rotatable bonds is 3. The number of thiazole rings is 1. The number of aryl methyl sites for hydroxylation is 1. The number of aromatic nitrogens is 1. The molecule has 0 bridgehead atoms. The lowest BCUT2D eigenvalue weighted by atomic mass is 9.78. The highest BCUT2D eigenvalue weighted by atomic mass is 32.1. The maximum Gasteiger partial charge on any atom is 0.0896 e. The van der Waals surface area contributed by atoms with E-state index in [-0.39, 0.29) is 12.0 Å². The van der Waals surface area contributed by atoms with Crippen LogP contribution in [-0.4, -0.2) is 29.9 Å². The molecule has 0 amide bonds. The lowest BCUT2D eigenvalue weighted by Crippen LogP contribution is -2.34. The van der Waals surface area contributed by atoms with Gasteiger partial charge in [-0.3, -0.25) is 0 Å². The predicted octanol–water partition coefficient (Wildman–Crippen LogP) is 1.78. The Kier molecular flexibility index (Phi) is 3.38. The molecule has 1 fully saturated rings. The monoisotopic (exact) mass is 227 g/mol. The van der Waals surface area contributed by atoms with Crippen LogP contribution in [0, 0.1) is 12.3 Å². The number of aliphatic hydroxyl groups is 1. The van der Waals surface area contributed by atoms with Crippen LogP contribution in [0.25, 0.3) is 0 Å². The summed E-state index contributed by atoms with van der Waals surface area (Å²) >= 11 is 1.73. The Morgan fingerprint density at radius 2 is 2.27 bits per heavy atom. The molecular weight excluding hydrogens is 210 g/mol. The van der Waals surface area contributed by atoms with Gasteiger partial charge in [0.25, 0.3) is 0 Å². The number of hydrogen-bond donors (Lipinski definition) is 1. The van der Waals surface area contributed by atoms with E-state index >= 15 is 0 Å². The van der Waals surface area contributed by atoms with Gasteiger partial charge in [-0.05, 0) is 26.2 Å². The van der Waals surface area contributed by atoms with Gasteiger partial charge in [-0.15, -0.1) is 11.3 Å². The molecule has 2 rings (SSSR count). The maximum absolute atomic E-state index is 9.54. The highest BCUT2D eigenvalue weighted by Crippen LogP contribution is 2.35. The van der Waals surface area contributed by atoms with E-state index in [9.17, 15) is 5.11 Å². The Balaban J connectivity index is 2.06. The Morgan fingerprint density at radius 1 is 1.53 bits per heavy atom. The van der Waals surface area contributed by atoms with Gasteiger partial charge in [-0.2, -0.15) is 0 Å². The lowest BCUT2D eigenvalue weighted by molar-refractivity contribution is -0.0153. The summed E-state index contributed by atoms with van der Waals surface area (Å²) in [5.74, 6) is 0. The van der Waals surface area contributed by atoms with Crippen LogP contribution in [0.2, 0.25) is 0 Å². The molecule has 1 aliphatic heterocycles. The van der Waals surface area contributed by atoms with Gasteiger partial charge in [0.05, 0.1) is 5.01 Å². The van der Waals surface area contributed by atoms with Crippen LogP contribution in [0.15, 0.2) is 6.20 Å². The zero-order chi connectivity index (χ0) is 10.7. The maximum atomic E-state index is 9.54. The van der Waals surface area contributed by atoms with E-state index in [0.717, 1.165) is 37.5 Å². The topological polar surface area (TPSA) is 42.4 Å². The first-order valence-corrected chi connectivity index (χ1v) is 6.16. The van der Waals surface area contributed by atoms with Gasteiger partial charge in [-0.1, -0.05) is 0 Å². The summed E-state index contributed by atoms with van der Waals surface area (Å²) in [4.78, 5) is 5.53. The highest BCUT2D eigenvalue weighted by Gasteiger charge is 2.32. The second-order valence-corrected chi connectivity index (χ2v) is 5.61. The Labute approximate surface area is 94.1 Å². The van der Waals surface area contributed by atoms with Gasteiger partial charge in [0.2, 0.25) is 0 Å². The van der Waals surface area contributed by atoms with Crippen molar-refractivity contribution < 1.29 is 9.84 Å². The minimum Gasteiger partial charge on any atom is -0.396 e. The van der Waals surface area contributed by atoms with Crippen molar-refractivity contribution in [1.82, 2.24) is 4.98 Å². The van der Waals surface area contributed by atoms with Crippen molar-refractivity contribution in [3.8, 4) is 0 Å². The molecule has 0 spiro atoms. The van der Waals surface area contributed by atoms with Crippen molar-refractivity contribution in [3.05, 3.63) is 16.1 Å². The predicted molar refractivity (Wildman–Crippen MR) is 60.1 cm³/mol. The molecule has 0 atom stereocenters. The summed E-state index contributed by atoms with van der Waals surface area (Å²) in [6, 6.07) is 0. The zero-order valence-corrected chi connectivity index (χ0v) is 9.85. The molecule has 1 saturated heterocycles. The summed E-state index contributed by atoms with van der Waals surface area (Å²) in [6.45, 7) is 3.83. The number of hydrogen-bond acceptors (Lipinski definition) is 4. The van der Waals surface area contributed by atoms with Gasteiger partial charge in [-0.25, -0.2) is 4.98 Å². The largest absolute Gasteiger partial charge is 0.396 e. The third-order valence-electron chi connectivity index (χ3n) is 3.11. The average molecular weight is 227 g/mol. The average Bonchev–Trinajstić information content (AvgIpc) is 2.65. The van der Waals surface area contributed by atoms with Gasteiger partial charge in [0, 0.05) is 36.3 Å². The summed E-state index contributed by atoms with van der Waals surface area (Å²) < 4.78 is 5.35. The molecule has 0 aliphatic carbocycles. The van der Waals surface area contributed by atoms with Crippen molar-refractivity contribution >= 4 is 11.3 Å². The number of nitrogens with zero attached hydrogens (tertiary/aromatic N) is 1. The molecule has 1 aliphatic rings. The zero-order valence-electron chi connectivity index (χ0n) is 9.03. The Bertz CT molecular complexity index is 318. The Morgan fingerprint density at radius 3 is 2.80 bits per heavy atom. The van der Waals surface area contributed by atoms with Crippen molar-refractivity contribution in [2.24, 2.45) is 5.41 Å². The lowest BCUT2D eigenvalue weighted by Gasteiger charge is -2.35.